The summed E-state index contributed by atoms with van der Waals surface area (Å²) in [6, 6.07) is 0. The van der Waals surface area contributed by atoms with E-state index in [0.717, 1.165) is 25.5 Å². The minimum Gasteiger partial charge on any atom is -0.458 e. The molecule has 1 heterocycles. The van der Waals surface area contributed by atoms with Gasteiger partial charge >= 0.3 is 11.7 Å². The molecule has 3 atom stereocenters. The molecule has 2 aliphatic rings. The predicted octanol–water partition coefficient (Wildman–Crippen LogP) is 1.43. The van der Waals surface area contributed by atoms with Crippen LogP contribution in [-0.2, 0) is 4.74 Å². The summed E-state index contributed by atoms with van der Waals surface area (Å²) in [6.07, 6.45) is 3.98. The minimum absolute atomic E-state index is 0.0533. The van der Waals surface area contributed by atoms with Crippen LogP contribution < -0.4 is 11.2 Å². The maximum absolute atomic E-state index is 12.2. The van der Waals surface area contributed by atoms with E-state index in [9.17, 15) is 14.4 Å². The number of nitrogens with one attached hydrogen (secondary N) is 2. The second-order valence-electron chi connectivity index (χ2n) is 6.99. The first-order valence-electron chi connectivity index (χ1n) is 7.29. The zero-order valence-corrected chi connectivity index (χ0v) is 12.5. The van der Waals surface area contributed by atoms with Gasteiger partial charge in [-0.25, -0.2) is 9.59 Å². The first-order chi connectivity index (χ1) is 9.75. The second-order valence-corrected chi connectivity index (χ2v) is 6.99. The molecule has 0 saturated heterocycles. The molecule has 0 aromatic carbocycles. The van der Waals surface area contributed by atoms with Crippen LogP contribution in [0, 0.1) is 16.7 Å². The van der Waals surface area contributed by atoms with Crippen LogP contribution in [0.5, 0.6) is 0 Å². The Balaban J connectivity index is 1.84. The van der Waals surface area contributed by atoms with Crippen molar-refractivity contribution in [1.82, 2.24) is 9.97 Å². The SMILES string of the molecule is CC1(C)C2CCC1(C)C(OC(=O)c1c[nH]c(=O)[nH]c1=O)C2. The smallest absolute Gasteiger partial charge is 0.345 e. The highest BCUT2D eigenvalue weighted by molar-refractivity contribution is 5.88. The van der Waals surface area contributed by atoms with Gasteiger partial charge in [-0.2, -0.15) is 0 Å². The standard InChI is InChI=1S/C15H20N2O4/c1-14(2)8-4-5-15(14,3)10(6-8)21-12(19)9-7-16-13(20)17-11(9)18/h7-8,10H,4-6H2,1-3H3,(H2,16,17,18,20). The van der Waals surface area contributed by atoms with E-state index in [1.165, 1.54) is 0 Å². The number of ether oxygens (including phenoxy) is 1. The molecular formula is C15H20N2O4. The molecule has 2 fully saturated rings. The predicted molar refractivity (Wildman–Crippen MR) is 76.1 cm³/mol. The molecule has 0 amide bonds. The molecule has 1 aromatic heterocycles. The van der Waals surface area contributed by atoms with Crippen molar-refractivity contribution in [1.29, 1.82) is 0 Å². The number of aromatic nitrogens is 2. The highest BCUT2D eigenvalue weighted by atomic mass is 16.5. The van der Waals surface area contributed by atoms with Crippen molar-refractivity contribution in [3.8, 4) is 0 Å². The quantitative estimate of drug-likeness (QED) is 0.807. The highest BCUT2D eigenvalue weighted by Gasteiger charge is 2.62. The summed E-state index contributed by atoms with van der Waals surface area (Å²) in [6.45, 7) is 6.62. The Morgan fingerprint density at radius 3 is 2.57 bits per heavy atom. The summed E-state index contributed by atoms with van der Waals surface area (Å²) in [4.78, 5) is 39.2. The van der Waals surface area contributed by atoms with Crippen molar-refractivity contribution < 1.29 is 9.53 Å². The van der Waals surface area contributed by atoms with Gasteiger partial charge in [0.1, 0.15) is 11.7 Å². The van der Waals surface area contributed by atoms with Crippen LogP contribution in [0.3, 0.4) is 0 Å². The molecule has 3 unspecified atom stereocenters. The van der Waals surface area contributed by atoms with Gasteiger partial charge in [-0.1, -0.05) is 20.8 Å². The minimum atomic E-state index is -0.712. The van der Waals surface area contributed by atoms with Gasteiger partial charge in [-0.15, -0.1) is 0 Å². The van der Waals surface area contributed by atoms with Crippen molar-refractivity contribution >= 4 is 5.97 Å². The summed E-state index contributed by atoms with van der Waals surface area (Å²) in [7, 11) is 0. The lowest BCUT2D eigenvalue weighted by Gasteiger charge is -2.38. The van der Waals surface area contributed by atoms with Crippen molar-refractivity contribution in [2.24, 2.45) is 16.7 Å². The van der Waals surface area contributed by atoms with Crippen molar-refractivity contribution in [3.05, 3.63) is 32.6 Å². The number of hydrogen-bond acceptors (Lipinski definition) is 4. The largest absolute Gasteiger partial charge is 0.458 e. The van der Waals surface area contributed by atoms with Gasteiger partial charge in [0.15, 0.2) is 0 Å². The maximum Gasteiger partial charge on any atom is 0.345 e. The fourth-order valence-electron chi connectivity index (χ4n) is 4.06. The summed E-state index contributed by atoms with van der Waals surface area (Å²) in [5.74, 6) is -0.115. The van der Waals surface area contributed by atoms with E-state index >= 15 is 0 Å². The summed E-state index contributed by atoms with van der Waals surface area (Å²) < 4.78 is 5.61. The summed E-state index contributed by atoms with van der Waals surface area (Å²) in [5.41, 5.74) is -1.42. The van der Waals surface area contributed by atoms with Gasteiger partial charge in [0, 0.05) is 11.6 Å². The van der Waals surface area contributed by atoms with Crippen LogP contribution in [0.1, 0.15) is 50.4 Å². The van der Waals surface area contributed by atoms with Gasteiger partial charge in [-0.3, -0.25) is 9.78 Å². The monoisotopic (exact) mass is 292 g/mol. The van der Waals surface area contributed by atoms with E-state index in [1.807, 2.05) is 4.98 Å². The Bertz CT molecular complexity index is 702. The third-order valence-electron chi connectivity index (χ3n) is 6.00. The molecule has 2 bridgehead atoms. The third-order valence-corrected chi connectivity index (χ3v) is 6.00. The zero-order chi connectivity index (χ0) is 15.4. The maximum atomic E-state index is 12.2. The molecule has 21 heavy (non-hydrogen) atoms. The van der Waals surface area contributed by atoms with E-state index in [-0.39, 0.29) is 22.5 Å². The van der Waals surface area contributed by atoms with Crippen molar-refractivity contribution in [2.45, 2.75) is 46.1 Å². The van der Waals surface area contributed by atoms with Crippen LogP contribution >= 0.6 is 0 Å². The van der Waals surface area contributed by atoms with Gasteiger partial charge in [0.05, 0.1) is 0 Å². The fourth-order valence-corrected chi connectivity index (χ4v) is 4.06. The van der Waals surface area contributed by atoms with Gasteiger partial charge in [-0.05, 0) is 30.6 Å². The molecule has 1 aromatic rings. The normalized spacial score (nSPS) is 33.1. The van der Waals surface area contributed by atoms with Crippen LogP contribution in [0.25, 0.3) is 0 Å². The third kappa shape index (κ3) is 1.88. The Morgan fingerprint density at radius 1 is 1.33 bits per heavy atom. The average Bonchev–Trinajstić information content (AvgIpc) is 2.71. The Kier molecular flexibility index (Phi) is 2.90. The lowest BCUT2D eigenvalue weighted by atomic mass is 9.70. The van der Waals surface area contributed by atoms with Gasteiger partial charge in [0.2, 0.25) is 0 Å². The first kappa shape index (κ1) is 14.1. The van der Waals surface area contributed by atoms with E-state index in [1.54, 1.807) is 0 Å². The average molecular weight is 292 g/mol. The van der Waals surface area contributed by atoms with Crippen LogP contribution in [0.15, 0.2) is 15.8 Å². The van der Waals surface area contributed by atoms with E-state index in [4.69, 9.17) is 4.74 Å². The molecule has 0 radical (unpaired) electrons. The van der Waals surface area contributed by atoms with Crippen molar-refractivity contribution in [3.63, 3.8) is 0 Å². The Morgan fingerprint density at radius 2 is 2.05 bits per heavy atom. The summed E-state index contributed by atoms with van der Waals surface area (Å²) >= 11 is 0. The van der Waals surface area contributed by atoms with E-state index in [2.05, 4.69) is 25.8 Å². The lowest BCUT2D eigenvalue weighted by molar-refractivity contribution is -0.0244. The van der Waals surface area contributed by atoms with E-state index in [0.29, 0.717) is 5.92 Å². The molecule has 0 aliphatic heterocycles. The molecule has 2 aliphatic carbocycles. The second kappa shape index (κ2) is 4.32. The Hall–Kier alpha value is -1.85. The number of carbonyl (C=O) groups excluding carboxylic acids is 1. The number of carbonyl (C=O) groups is 1. The van der Waals surface area contributed by atoms with Gasteiger partial charge in [0.25, 0.3) is 5.56 Å². The van der Waals surface area contributed by atoms with Crippen LogP contribution in [0.2, 0.25) is 0 Å². The number of fused-ring (bicyclic) bond motifs is 2. The fraction of sp³-hybridized carbons (Fsp3) is 0.667. The molecule has 2 N–H and O–H groups in total. The number of H-pyrrole nitrogens is 2. The molecule has 3 rings (SSSR count). The van der Waals surface area contributed by atoms with Crippen LogP contribution in [0.4, 0.5) is 0 Å². The molecule has 6 nitrogen and oxygen atoms in total. The molecular weight excluding hydrogens is 272 g/mol. The summed E-state index contributed by atoms with van der Waals surface area (Å²) in [5, 5.41) is 0. The number of esters is 1. The topological polar surface area (TPSA) is 92.0 Å². The van der Waals surface area contributed by atoms with E-state index < -0.39 is 17.2 Å². The highest BCUT2D eigenvalue weighted by Crippen LogP contribution is 2.66. The first-order valence-corrected chi connectivity index (χ1v) is 7.29. The lowest BCUT2D eigenvalue weighted by Crippen LogP contribution is -2.39. The molecule has 2 saturated carbocycles. The number of hydrogen-bond donors (Lipinski definition) is 2. The molecule has 6 heteroatoms. The molecule has 0 spiro atoms. The Labute approximate surface area is 121 Å². The van der Waals surface area contributed by atoms with Crippen molar-refractivity contribution in [2.75, 3.05) is 0 Å². The number of aromatic amines is 2. The zero-order valence-electron chi connectivity index (χ0n) is 12.5. The number of rotatable bonds is 2. The van der Waals surface area contributed by atoms with Crippen LogP contribution in [-0.4, -0.2) is 22.0 Å². The molecule has 114 valence electrons. The van der Waals surface area contributed by atoms with Gasteiger partial charge < -0.3 is 9.72 Å².